The fraction of sp³-hybridized carbons (Fsp3) is 0.200. The number of nitrogens with zero attached hydrogens (tertiary/aromatic N) is 2. The van der Waals surface area contributed by atoms with Crippen molar-refractivity contribution in [1.29, 1.82) is 5.26 Å². The van der Waals surface area contributed by atoms with E-state index in [2.05, 4.69) is 0 Å². The van der Waals surface area contributed by atoms with Crippen LogP contribution in [0.5, 0.6) is 0 Å². The third kappa shape index (κ3) is 2.63. The van der Waals surface area contributed by atoms with Gasteiger partial charge in [-0.2, -0.15) is 18.4 Å². The van der Waals surface area contributed by atoms with E-state index in [0.29, 0.717) is 12.1 Å². The van der Waals surface area contributed by atoms with Gasteiger partial charge in [0.2, 0.25) is 0 Å². The number of halogens is 3. The van der Waals surface area contributed by atoms with Crippen LogP contribution in [0.3, 0.4) is 0 Å². The highest BCUT2D eigenvalue weighted by molar-refractivity contribution is 5.79. The Balaban J connectivity index is 3.58. The van der Waals surface area contributed by atoms with E-state index in [9.17, 15) is 28.1 Å². The molecule has 0 heterocycles. The van der Waals surface area contributed by atoms with E-state index in [1.54, 1.807) is 6.07 Å². The van der Waals surface area contributed by atoms with E-state index in [0.717, 1.165) is 0 Å². The number of rotatable bonds is 3. The van der Waals surface area contributed by atoms with Gasteiger partial charge in [-0.25, -0.2) is 0 Å². The smallest absolute Gasteiger partial charge is 0.298 e. The van der Waals surface area contributed by atoms with Gasteiger partial charge in [-0.15, -0.1) is 0 Å². The average Bonchev–Trinajstić information content (AvgIpc) is 2.27. The van der Waals surface area contributed by atoms with Crippen LogP contribution >= 0.6 is 0 Å². The van der Waals surface area contributed by atoms with Crippen molar-refractivity contribution in [3.63, 3.8) is 0 Å². The second kappa shape index (κ2) is 4.83. The highest BCUT2D eigenvalue weighted by Crippen LogP contribution is 2.37. The molecule has 8 heteroatoms. The Hall–Kier alpha value is -2.43. The molecule has 0 amide bonds. The van der Waals surface area contributed by atoms with Gasteiger partial charge in [0.05, 0.1) is 17.4 Å². The Morgan fingerprint density at radius 2 is 2.06 bits per heavy atom. The maximum atomic E-state index is 12.6. The molecule has 1 aromatic carbocycles. The van der Waals surface area contributed by atoms with Crippen LogP contribution < -0.4 is 0 Å². The predicted molar refractivity (Wildman–Crippen MR) is 52.8 cm³/mol. The van der Waals surface area contributed by atoms with Crippen LogP contribution in [0.25, 0.3) is 0 Å². The molecule has 5 nitrogen and oxygen atoms in total. The number of nitro benzene ring substituents is 1. The van der Waals surface area contributed by atoms with E-state index < -0.39 is 28.8 Å². The summed E-state index contributed by atoms with van der Waals surface area (Å²) in [5.41, 5.74) is -3.16. The fourth-order valence-corrected chi connectivity index (χ4v) is 1.38. The monoisotopic (exact) mass is 258 g/mol. The van der Waals surface area contributed by atoms with Crippen LogP contribution in [0.1, 0.15) is 21.5 Å². The summed E-state index contributed by atoms with van der Waals surface area (Å²) in [5.74, 6) is 0. The first-order chi connectivity index (χ1) is 8.31. The number of hydrogen-bond donors (Lipinski definition) is 0. The van der Waals surface area contributed by atoms with Crippen LogP contribution in [0.15, 0.2) is 12.1 Å². The fourth-order valence-electron chi connectivity index (χ4n) is 1.38. The van der Waals surface area contributed by atoms with Crippen molar-refractivity contribution in [3.8, 4) is 6.07 Å². The van der Waals surface area contributed by atoms with Crippen molar-refractivity contribution < 1.29 is 22.9 Å². The van der Waals surface area contributed by atoms with Gasteiger partial charge < -0.3 is 0 Å². The molecule has 0 aromatic heterocycles. The molecule has 0 aliphatic carbocycles. The van der Waals surface area contributed by atoms with Crippen molar-refractivity contribution in [1.82, 2.24) is 0 Å². The second-order valence-corrected chi connectivity index (χ2v) is 3.28. The number of hydrogen-bond acceptors (Lipinski definition) is 4. The van der Waals surface area contributed by atoms with Crippen LogP contribution in [-0.2, 0) is 12.6 Å². The lowest BCUT2D eigenvalue weighted by Crippen LogP contribution is -2.11. The van der Waals surface area contributed by atoms with Gasteiger partial charge in [-0.3, -0.25) is 14.9 Å². The van der Waals surface area contributed by atoms with Gasteiger partial charge in [-0.1, -0.05) is 0 Å². The molecule has 0 spiro atoms. The predicted octanol–water partition coefficient (Wildman–Crippen LogP) is 2.49. The molecule has 18 heavy (non-hydrogen) atoms. The topological polar surface area (TPSA) is 84.0 Å². The van der Waals surface area contributed by atoms with Gasteiger partial charge in [0.1, 0.15) is 5.56 Å². The number of carbonyl (C=O) groups excluding carboxylic acids is 1. The molecule has 0 saturated carbocycles. The zero-order chi connectivity index (χ0) is 13.9. The molecule has 0 saturated heterocycles. The van der Waals surface area contributed by atoms with E-state index in [1.807, 2.05) is 0 Å². The normalized spacial score (nSPS) is 10.8. The number of carbonyl (C=O) groups is 1. The number of benzene rings is 1. The van der Waals surface area contributed by atoms with Gasteiger partial charge in [-0.05, 0) is 11.6 Å². The molecule has 0 fully saturated rings. The first kappa shape index (κ1) is 13.6. The van der Waals surface area contributed by atoms with E-state index in [-0.39, 0.29) is 17.4 Å². The quantitative estimate of drug-likeness (QED) is 0.473. The van der Waals surface area contributed by atoms with Gasteiger partial charge in [0.25, 0.3) is 5.69 Å². The third-order valence-electron chi connectivity index (χ3n) is 2.16. The molecule has 0 atom stereocenters. The Bertz CT molecular complexity index is 547. The van der Waals surface area contributed by atoms with E-state index >= 15 is 0 Å². The van der Waals surface area contributed by atoms with Crippen LogP contribution in [0.4, 0.5) is 18.9 Å². The van der Waals surface area contributed by atoms with Crippen molar-refractivity contribution in [2.75, 3.05) is 0 Å². The molecular formula is C10H5F3N2O3. The summed E-state index contributed by atoms with van der Waals surface area (Å²) in [5, 5.41) is 19.0. The first-order valence-corrected chi connectivity index (χ1v) is 4.52. The molecule has 94 valence electrons. The summed E-state index contributed by atoms with van der Waals surface area (Å²) in [6, 6.07) is 2.58. The standard InChI is InChI=1S/C10H5F3N2O3/c11-10(12,13)8-3-6(1-2-14)7(5-16)4-9(8)15(17)18/h3-5H,1H2. The summed E-state index contributed by atoms with van der Waals surface area (Å²) in [6.07, 6.45) is -5.18. The SMILES string of the molecule is N#CCc1cc(C(F)(F)F)c([N+](=O)[O-])cc1C=O. The van der Waals surface area contributed by atoms with Crippen molar-refractivity contribution in [2.45, 2.75) is 12.6 Å². The number of nitriles is 1. The van der Waals surface area contributed by atoms with Crippen molar-refractivity contribution >= 4 is 12.0 Å². The lowest BCUT2D eigenvalue weighted by atomic mass is 10.0. The molecule has 0 radical (unpaired) electrons. The summed E-state index contributed by atoms with van der Waals surface area (Å²) in [4.78, 5) is 19.9. The van der Waals surface area contributed by atoms with Crippen molar-refractivity contribution in [2.24, 2.45) is 0 Å². The molecule has 0 aliphatic rings. The second-order valence-electron chi connectivity index (χ2n) is 3.28. The van der Waals surface area contributed by atoms with Crippen LogP contribution in [0, 0.1) is 21.4 Å². The largest absolute Gasteiger partial charge is 0.423 e. The highest BCUT2D eigenvalue weighted by Gasteiger charge is 2.39. The minimum absolute atomic E-state index is 0.180. The van der Waals surface area contributed by atoms with Gasteiger partial charge >= 0.3 is 6.18 Å². The molecule has 0 N–H and O–H groups in total. The summed E-state index contributed by atoms with van der Waals surface area (Å²) in [6.45, 7) is 0. The summed E-state index contributed by atoms with van der Waals surface area (Å²) in [7, 11) is 0. The van der Waals surface area contributed by atoms with E-state index in [4.69, 9.17) is 5.26 Å². The Labute approximate surface area is 98.6 Å². The maximum Gasteiger partial charge on any atom is 0.423 e. The Kier molecular flexibility index (Phi) is 3.66. The Morgan fingerprint density at radius 3 is 2.44 bits per heavy atom. The maximum absolute atomic E-state index is 12.6. The third-order valence-corrected chi connectivity index (χ3v) is 2.16. The number of nitro groups is 1. The van der Waals surface area contributed by atoms with Crippen LogP contribution in [0.2, 0.25) is 0 Å². The molecule has 0 bridgehead atoms. The van der Waals surface area contributed by atoms with Gasteiger partial charge in [0.15, 0.2) is 6.29 Å². The van der Waals surface area contributed by atoms with Gasteiger partial charge in [0, 0.05) is 11.6 Å². The first-order valence-electron chi connectivity index (χ1n) is 4.52. The lowest BCUT2D eigenvalue weighted by Gasteiger charge is -2.10. The zero-order valence-electron chi connectivity index (χ0n) is 8.69. The van der Waals surface area contributed by atoms with E-state index in [1.165, 1.54) is 0 Å². The minimum atomic E-state index is -4.92. The minimum Gasteiger partial charge on any atom is -0.298 e. The molecule has 0 aliphatic heterocycles. The average molecular weight is 258 g/mol. The lowest BCUT2D eigenvalue weighted by molar-refractivity contribution is -0.388. The van der Waals surface area contributed by atoms with Crippen molar-refractivity contribution in [3.05, 3.63) is 38.9 Å². The summed E-state index contributed by atoms with van der Waals surface area (Å²) < 4.78 is 37.8. The van der Waals surface area contributed by atoms with Crippen LogP contribution in [-0.4, -0.2) is 11.2 Å². The molecule has 1 aromatic rings. The highest BCUT2D eigenvalue weighted by atomic mass is 19.4. The summed E-state index contributed by atoms with van der Waals surface area (Å²) >= 11 is 0. The molecular weight excluding hydrogens is 253 g/mol. The zero-order valence-corrected chi connectivity index (χ0v) is 8.69. The number of alkyl halides is 3. The Morgan fingerprint density at radius 1 is 1.44 bits per heavy atom. The number of aldehydes is 1. The molecule has 0 unspecified atom stereocenters. The molecule has 1 rings (SSSR count).